The van der Waals surface area contributed by atoms with E-state index in [2.05, 4.69) is 18.2 Å². The van der Waals surface area contributed by atoms with Gasteiger partial charge in [0.1, 0.15) is 0 Å². The Hall–Kier alpha value is -2.72. The number of fused-ring (bicyclic) bond motifs is 1. The molecule has 3 aromatic rings. The number of pyridine rings is 1. The molecule has 0 N–H and O–H groups in total. The van der Waals surface area contributed by atoms with E-state index in [9.17, 15) is 4.79 Å². The van der Waals surface area contributed by atoms with Crippen molar-refractivity contribution in [1.82, 2.24) is 9.88 Å². The number of benzene rings is 2. The van der Waals surface area contributed by atoms with Gasteiger partial charge in [-0.3, -0.25) is 9.78 Å². The van der Waals surface area contributed by atoms with Crippen LogP contribution in [0.25, 0.3) is 22.0 Å². The van der Waals surface area contributed by atoms with E-state index >= 15 is 0 Å². The summed E-state index contributed by atoms with van der Waals surface area (Å²) in [5.41, 5.74) is 5.13. The lowest BCUT2D eigenvalue weighted by atomic mass is 9.92. The van der Waals surface area contributed by atoms with Gasteiger partial charge in [0, 0.05) is 24.2 Å². The minimum absolute atomic E-state index is 0.0668. The van der Waals surface area contributed by atoms with E-state index in [1.54, 1.807) is 0 Å². The van der Waals surface area contributed by atoms with Gasteiger partial charge in [-0.15, -0.1) is 0 Å². The van der Waals surface area contributed by atoms with Gasteiger partial charge < -0.3 is 9.64 Å². The highest BCUT2D eigenvalue weighted by Crippen LogP contribution is 2.33. The van der Waals surface area contributed by atoms with Crippen molar-refractivity contribution < 1.29 is 9.53 Å². The molecule has 28 heavy (non-hydrogen) atoms. The third-order valence-corrected chi connectivity index (χ3v) is 5.36. The zero-order valence-electron chi connectivity index (χ0n) is 16.7. The summed E-state index contributed by atoms with van der Waals surface area (Å²) in [7, 11) is 0. The molecule has 1 saturated heterocycles. The van der Waals surface area contributed by atoms with E-state index in [1.807, 2.05) is 62.1 Å². The van der Waals surface area contributed by atoms with Crippen molar-refractivity contribution in [3.63, 3.8) is 0 Å². The maximum absolute atomic E-state index is 13.2. The molecule has 2 aromatic carbocycles. The lowest BCUT2D eigenvalue weighted by Crippen LogP contribution is -2.48. The summed E-state index contributed by atoms with van der Waals surface area (Å²) >= 11 is 0. The van der Waals surface area contributed by atoms with Gasteiger partial charge >= 0.3 is 0 Å². The first-order chi connectivity index (χ1) is 13.5. The number of ether oxygens (including phenoxy) is 1. The quantitative estimate of drug-likeness (QED) is 0.683. The van der Waals surface area contributed by atoms with E-state index < -0.39 is 0 Å². The summed E-state index contributed by atoms with van der Waals surface area (Å²) < 4.78 is 5.78. The van der Waals surface area contributed by atoms with Gasteiger partial charge in [-0.25, -0.2) is 0 Å². The van der Waals surface area contributed by atoms with Crippen LogP contribution in [0.1, 0.15) is 25.1 Å². The second-order valence-electron chi connectivity index (χ2n) is 7.67. The molecule has 0 aliphatic carbocycles. The summed E-state index contributed by atoms with van der Waals surface area (Å²) in [5, 5.41) is 1.09. The Labute approximate surface area is 166 Å². The van der Waals surface area contributed by atoms with E-state index in [-0.39, 0.29) is 18.1 Å². The number of nitrogens with zero attached hydrogens (tertiary/aromatic N) is 2. The van der Waals surface area contributed by atoms with Gasteiger partial charge in [0.25, 0.3) is 0 Å². The van der Waals surface area contributed by atoms with E-state index in [0.29, 0.717) is 19.5 Å². The lowest BCUT2D eigenvalue weighted by Gasteiger charge is -2.35. The Balaban J connectivity index is 1.78. The lowest BCUT2D eigenvalue weighted by molar-refractivity contribution is -0.142. The van der Waals surface area contributed by atoms with Gasteiger partial charge in [-0.05, 0) is 43.5 Å². The number of carbonyl (C=O) groups is 1. The first-order valence-corrected chi connectivity index (χ1v) is 9.90. The van der Waals surface area contributed by atoms with Crippen molar-refractivity contribution in [2.24, 2.45) is 0 Å². The van der Waals surface area contributed by atoms with Crippen LogP contribution in [0, 0.1) is 6.92 Å². The topological polar surface area (TPSA) is 42.4 Å². The summed E-state index contributed by atoms with van der Waals surface area (Å²) in [6.07, 6.45) is 0.488. The summed E-state index contributed by atoms with van der Waals surface area (Å²) in [5.74, 6) is 0.138. The maximum atomic E-state index is 13.2. The Morgan fingerprint density at radius 2 is 1.68 bits per heavy atom. The number of morpholine rings is 1. The monoisotopic (exact) mass is 374 g/mol. The molecular weight excluding hydrogens is 348 g/mol. The molecule has 0 radical (unpaired) electrons. The minimum atomic E-state index is 0.0668. The van der Waals surface area contributed by atoms with Crippen molar-refractivity contribution >= 4 is 16.8 Å². The van der Waals surface area contributed by atoms with E-state index in [1.165, 1.54) is 0 Å². The number of para-hydroxylation sites is 1. The highest BCUT2D eigenvalue weighted by Gasteiger charge is 2.27. The van der Waals surface area contributed by atoms with E-state index in [0.717, 1.165) is 33.3 Å². The maximum Gasteiger partial charge on any atom is 0.227 e. The van der Waals surface area contributed by atoms with Gasteiger partial charge in [0.2, 0.25) is 5.91 Å². The second kappa shape index (κ2) is 7.72. The van der Waals surface area contributed by atoms with Gasteiger partial charge in [-0.2, -0.15) is 0 Å². The fraction of sp³-hybridized carbons (Fsp3) is 0.333. The Kier molecular flexibility index (Phi) is 5.14. The summed E-state index contributed by atoms with van der Waals surface area (Å²) in [4.78, 5) is 19.9. The zero-order valence-corrected chi connectivity index (χ0v) is 16.7. The fourth-order valence-electron chi connectivity index (χ4n) is 4.17. The highest BCUT2D eigenvalue weighted by atomic mass is 16.5. The van der Waals surface area contributed by atoms with Crippen LogP contribution in [0.3, 0.4) is 0 Å². The third kappa shape index (κ3) is 3.65. The van der Waals surface area contributed by atoms with Crippen LogP contribution in [-0.4, -0.2) is 41.1 Å². The van der Waals surface area contributed by atoms with Crippen molar-refractivity contribution in [2.45, 2.75) is 39.4 Å². The van der Waals surface area contributed by atoms with Crippen molar-refractivity contribution in [2.75, 3.05) is 13.1 Å². The number of aryl methyl sites for hydroxylation is 1. The van der Waals surface area contributed by atoms with Crippen molar-refractivity contribution in [3.05, 3.63) is 65.9 Å². The predicted octanol–water partition coefficient (Wildman–Crippen LogP) is 4.39. The van der Waals surface area contributed by atoms with Crippen LogP contribution in [0.15, 0.2) is 54.6 Å². The molecule has 1 aliphatic rings. The first-order valence-electron chi connectivity index (χ1n) is 9.90. The number of carbonyl (C=O) groups excluding carboxylic acids is 1. The molecule has 1 amide bonds. The summed E-state index contributed by atoms with van der Waals surface area (Å²) in [6.45, 7) is 7.34. The fourth-order valence-corrected chi connectivity index (χ4v) is 4.17. The Morgan fingerprint density at radius 3 is 2.39 bits per heavy atom. The Morgan fingerprint density at radius 1 is 1.04 bits per heavy atom. The number of amides is 1. The molecule has 1 aliphatic heterocycles. The molecule has 2 heterocycles. The Bertz CT molecular complexity index is 990. The standard InChI is InChI=1S/C24H26N2O2/c1-16-14-26(15-17(2)28-16)23(27)13-21-18(3)25-22-12-8-7-11-20(22)24(21)19-9-5-4-6-10-19/h4-12,16-17H,13-15H2,1-3H3. The molecule has 1 fully saturated rings. The number of rotatable bonds is 3. The van der Waals surface area contributed by atoms with Crippen LogP contribution in [0.2, 0.25) is 0 Å². The first kappa shape index (κ1) is 18.6. The SMILES string of the molecule is Cc1nc2ccccc2c(-c2ccccc2)c1CC(=O)N1CC(C)OC(C)C1. The van der Waals surface area contributed by atoms with Crippen LogP contribution in [0.4, 0.5) is 0 Å². The molecule has 2 unspecified atom stereocenters. The third-order valence-electron chi connectivity index (χ3n) is 5.36. The highest BCUT2D eigenvalue weighted by molar-refractivity contribution is 5.98. The van der Waals surface area contributed by atoms with Crippen LogP contribution < -0.4 is 0 Å². The zero-order chi connectivity index (χ0) is 19.7. The minimum Gasteiger partial charge on any atom is -0.372 e. The largest absolute Gasteiger partial charge is 0.372 e. The molecule has 4 heteroatoms. The van der Waals surface area contributed by atoms with Crippen molar-refractivity contribution in [3.8, 4) is 11.1 Å². The molecule has 144 valence electrons. The van der Waals surface area contributed by atoms with Gasteiger partial charge in [-0.1, -0.05) is 48.5 Å². The van der Waals surface area contributed by atoms with Crippen LogP contribution >= 0.6 is 0 Å². The molecule has 0 saturated carbocycles. The smallest absolute Gasteiger partial charge is 0.227 e. The van der Waals surface area contributed by atoms with Crippen molar-refractivity contribution in [1.29, 1.82) is 0 Å². The number of hydrogen-bond donors (Lipinski definition) is 0. The number of aromatic nitrogens is 1. The molecule has 0 spiro atoms. The molecule has 4 rings (SSSR count). The molecule has 2 atom stereocenters. The molecular formula is C24H26N2O2. The van der Waals surface area contributed by atoms with Crippen LogP contribution in [-0.2, 0) is 16.0 Å². The average Bonchev–Trinajstić information content (AvgIpc) is 2.68. The predicted molar refractivity (Wildman–Crippen MR) is 112 cm³/mol. The van der Waals surface area contributed by atoms with Gasteiger partial charge in [0.15, 0.2) is 0 Å². The van der Waals surface area contributed by atoms with Crippen LogP contribution in [0.5, 0.6) is 0 Å². The molecule has 4 nitrogen and oxygen atoms in total. The summed E-state index contributed by atoms with van der Waals surface area (Å²) in [6, 6.07) is 18.5. The average molecular weight is 374 g/mol. The normalized spacial score (nSPS) is 19.8. The molecule has 1 aromatic heterocycles. The molecule has 0 bridgehead atoms. The number of hydrogen-bond acceptors (Lipinski definition) is 3. The second-order valence-corrected chi connectivity index (χ2v) is 7.67. The van der Waals surface area contributed by atoms with E-state index in [4.69, 9.17) is 9.72 Å². The van der Waals surface area contributed by atoms with Gasteiger partial charge in [0.05, 0.1) is 24.1 Å².